The first-order chi connectivity index (χ1) is 13.2. The molecule has 0 aliphatic carbocycles. The molecule has 0 heterocycles. The number of hydrogen-bond acceptors (Lipinski definition) is 3. The van der Waals surface area contributed by atoms with Gasteiger partial charge in [-0.3, -0.25) is 0 Å². The smallest absolute Gasteiger partial charge is 0.168 e. The number of phenolic OH excluding ortho intramolecular Hbond substituents is 1. The Bertz CT molecular complexity index is 447. The number of hydrogen-bond donors (Lipinski definition) is 1. The van der Waals surface area contributed by atoms with E-state index in [0.29, 0.717) is 5.75 Å². The molecule has 0 atom stereocenters. The van der Waals surface area contributed by atoms with Crippen LogP contribution in [0.3, 0.4) is 0 Å². The third-order valence-corrected chi connectivity index (χ3v) is 5.03. The summed E-state index contributed by atoms with van der Waals surface area (Å²) in [7, 11) is 0. The highest BCUT2D eigenvalue weighted by Gasteiger charge is 2.31. The number of unbranched alkanes of at least 4 members (excludes halogenated alkanes) is 6. The molecule has 3 nitrogen and oxygen atoms in total. The van der Waals surface area contributed by atoms with Crippen LogP contribution in [0.25, 0.3) is 0 Å². The van der Waals surface area contributed by atoms with Gasteiger partial charge in [-0.1, -0.05) is 71.4 Å². The van der Waals surface area contributed by atoms with Gasteiger partial charge in [0.1, 0.15) is 5.75 Å². The van der Waals surface area contributed by atoms with E-state index in [1.54, 1.807) is 12.1 Å². The van der Waals surface area contributed by atoms with E-state index in [1.165, 1.54) is 44.1 Å². The summed E-state index contributed by atoms with van der Waals surface area (Å²) >= 11 is 0. The zero-order chi connectivity index (χ0) is 19.8. The lowest BCUT2D eigenvalue weighted by Gasteiger charge is -2.34. The lowest BCUT2D eigenvalue weighted by molar-refractivity contribution is -0.245. The van der Waals surface area contributed by atoms with Crippen LogP contribution >= 0.6 is 0 Å². The first-order valence-corrected chi connectivity index (χ1v) is 11.2. The molecule has 3 heteroatoms. The van der Waals surface area contributed by atoms with Crippen molar-refractivity contribution >= 4 is 0 Å². The fourth-order valence-electron chi connectivity index (χ4n) is 3.38. The third kappa shape index (κ3) is 10.8. The zero-order valence-corrected chi connectivity index (χ0v) is 18.0. The number of aryl methyl sites for hydroxylation is 1. The van der Waals surface area contributed by atoms with Gasteiger partial charge in [-0.25, -0.2) is 0 Å². The molecule has 0 unspecified atom stereocenters. The fraction of sp³-hybridized carbons (Fsp3) is 0.750. The monoisotopic (exact) mass is 378 g/mol. The van der Waals surface area contributed by atoms with E-state index in [9.17, 15) is 5.11 Å². The molecule has 0 spiro atoms. The second kappa shape index (κ2) is 14.9. The largest absolute Gasteiger partial charge is 0.508 e. The van der Waals surface area contributed by atoms with Crippen LogP contribution in [0.2, 0.25) is 0 Å². The number of phenols is 1. The topological polar surface area (TPSA) is 38.7 Å². The molecule has 1 N–H and O–H groups in total. The van der Waals surface area contributed by atoms with Gasteiger partial charge in [0.25, 0.3) is 0 Å². The summed E-state index contributed by atoms with van der Waals surface area (Å²) in [4.78, 5) is 0. The van der Waals surface area contributed by atoms with E-state index in [-0.39, 0.29) is 0 Å². The minimum Gasteiger partial charge on any atom is -0.508 e. The number of ether oxygens (including phenoxy) is 2. The van der Waals surface area contributed by atoms with Crippen molar-refractivity contribution in [3.8, 4) is 5.75 Å². The van der Waals surface area contributed by atoms with Crippen molar-refractivity contribution in [2.24, 2.45) is 0 Å². The quantitative estimate of drug-likeness (QED) is 0.234. The maximum atomic E-state index is 9.49. The molecule has 27 heavy (non-hydrogen) atoms. The van der Waals surface area contributed by atoms with Gasteiger partial charge in [-0.15, -0.1) is 0 Å². The van der Waals surface area contributed by atoms with Crippen LogP contribution in [0.1, 0.15) is 97.0 Å². The van der Waals surface area contributed by atoms with Crippen LogP contribution in [0, 0.1) is 0 Å². The molecule has 0 aliphatic heterocycles. The normalized spacial score (nSPS) is 11.8. The van der Waals surface area contributed by atoms with Gasteiger partial charge in [0.15, 0.2) is 5.79 Å². The van der Waals surface area contributed by atoms with Crippen molar-refractivity contribution in [3.63, 3.8) is 0 Å². The van der Waals surface area contributed by atoms with Gasteiger partial charge in [-0.05, 0) is 43.4 Å². The molecule has 0 amide bonds. The second-order valence-electron chi connectivity index (χ2n) is 7.65. The Morgan fingerprint density at radius 1 is 0.704 bits per heavy atom. The lowest BCUT2D eigenvalue weighted by Crippen LogP contribution is -2.37. The second-order valence-corrected chi connectivity index (χ2v) is 7.65. The molecule has 0 bridgehead atoms. The van der Waals surface area contributed by atoms with Crippen LogP contribution in [-0.4, -0.2) is 24.1 Å². The van der Waals surface area contributed by atoms with Gasteiger partial charge in [0.05, 0.1) is 0 Å². The summed E-state index contributed by atoms with van der Waals surface area (Å²) in [6.07, 6.45) is 13.9. The predicted molar refractivity (Wildman–Crippen MR) is 114 cm³/mol. The molecule has 0 saturated heterocycles. The third-order valence-electron chi connectivity index (χ3n) is 5.03. The van der Waals surface area contributed by atoms with Gasteiger partial charge < -0.3 is 14.6 Å². The van der Waals surface area contributed by atoms with Crippen molar-refractivity contribution < 1.29 is 14.6 Å². The maximum Gasteiger partial charge on any atom is 0.168 e. The summed E-state index contributed by atoms with van der Waals surface area (Å²) in [6.45, 7) is 8.06. The molecule has 156 valence electrons. The molecule has 1 aromatic carbocycles. The van der Waals surface area contributed by atoms with E-state index in [1.807, 2.05) is 12.1 Å². The predicted octanol–water partition coefficient (Wildman–Crippen LogP) is 7.02. The number of aromatic hydroxyl groups is 1. The number of rotatable bonds is 17. The Labute approximate surface area is 167 Å². The fourth-order valence-corrected chi connectivity index (χ4v) is 3.38. The molecule has 1 rings (SSSR count). The van der Waals surface area contributed by atoms with Crippen LogP contribution in [-0.2, 0) is 15.9 Å². The SMILES string of the molecule is CCCCCCCCCC(CCc1ccc(O)cc1)(OCCC)OCCC. The van der Waals surface area contributed by atoms with Crippen molar-refractivity contribution in [1.82, 2.24) is 0 Å². The van der Waals surface area contributed by atoms with E-state index in [2.05, 4.69) is 20.8 Å². The first kappa shape index (κ1) is 24.0. The number of benzene rings is 1. The average Bonchev–Trinajstić information content (AvgIpc) is 2.69. The van der Waals surface area contributed by atoms with E-state index in [4.69, 9.17) is 9.47 Å². The van der Waals surface area contributed by atoms with Crippen LogP contribution in [0.15, 0.2) is 24.3 Å². The highest BCUT2D eigenvalue weighted by atomic mass is 16.7. The highest BCUT2D eigenvalue weighted by molar-refractivity contribution is 5.26. The van der Waals surface area contributed by atoms with Crippen LogP contribution in [0.4, 0.5) is 0 Å². The van der Waals surface area contributed by atoms with Gasteiger partial charge in [0, 0.05) is 26.1 Å². The summed E-state index contributed by atoms with van der Waals surface area (Å²) in [5.74, 6) is -0.148. The molecule has 0 radical (unpaired) electrons. The summed E-state index contributed by atoms with van der Waals surface area (Å²) in [5, 5.41) is 9.49. The van der Waals surface area contributed by atoms with E-state index in [0.717, 1.165) is 51.7 Å². The van der Waals surface area contributed by atoms with Crippen molar-refractivity contribution in [3.05, 3.63) is 29.8 Å². The molecule has 0 aliphatic rings. The van der Waals surface area contributed by atoms with Gasteiger partial charge >= 0.3 is 0 Å². The Hall–Kier alpha value is -1.06. The van der Waals surface area contributed by atoms with Crippen molar-refractivity contribution in [2.45, 2.75) is 104 Å². The average molecular weight is 379 g/mol. The molecular formula is C24H42O3. The van der Waals surface area contributed by atoms with E-state index >= 15 is 0 Å². The summed E-state index contributed by atoms with van der Waals surface area (Å²) < 4.78 is 12.6. The minimum atomic E-state index is -0.465. The maximum absolute atomic E-state index is 9.49. The van der Waals surface area contributed by atoms with Gasteiger partial charge in [-0.2, -0.15) is 0 Å². The summed E-state index contributed by atoms with van der Waals surface area (Å²) in [5.41, 5.74) is 1.22. The Kier molecular flexibility index (Phi) is 13.3. The van der Waals surface area contributed by atoms with Crippen LogP contribution < -0.4 is 0 Å². The van der Waals surface area contributed by atoms with E-state index < -0.39 is 5.79 Å². The molecule has 0 fully saturated rings. The molecular weight excluding hydrogens is 336 g/mol. The molecule has 1 aromatic rings. The van der Waals surface area contributed by atoms with Crippen LogP contribution in [0.5, 0.6) is 5.75 Å². The highest BCUT2D eigenvalue weighted by Crippen LogP contribution is 2.29. The first-order valence-electron chi connectivity index (χ1n) is 11.2. The zero-order valence-electron chi connectivity index (χ0n) is 18.0. The minimum absolute atomic E-state index is 0.317. The molecule has 0 saturated carbocycles. The molecule has 0 aromatic heterocycles. The lowest BCUT2D eigenvalue weighted by atomic mass is 9.98. The van der Waals surface area contributed by atoms with Crippen molar-refractivity contribution in [2.75, 3.05) is 13.2 Å². The standard InChI is InChI=1S/C24H42O3/c1-4-7-8-9-10-11-12-18-24(26-20-5-2,27-21-6-3)19-17-22-13-15-23(25)16-14-22/h13-16,25H,4-12,17-21H2,1-3H3. The Balaban J connectivity index is 2.59. The Morgan fingerprint density at radius 2 is 1.26 bits per heavy atom. The van der Waals surface area contributed by atoms with Crippen molar-refractivity contribution in [1.29, 1.82) is 0 Å². The van der Waals surface area contributed by atoms with Gasteiger partial charge in [0.2, 0.25) is 0 Å². The summed E-state index contributed by atoms with van der Waals surface area (Å²) in [6, 6.07) is 7.50. The Morgan fingerprint density at radius 3 is 1.81 bits per heavy atom.